The Hall–Kier alpha value is -2.77. The second-order valence-corrected chi connectivity index (χ2v) is 9.96. The number of rotatable bonds is 7. The van der Waals surface area contributed by atoms with Crippen molar-refractivity contribution in [1.82, 2.24) is 14.8 Å². The van der Waals surface area contributed by atoms with E-state index in [9.17, 15) is 14.3 Å². The van der Waals surface area contributed by atoms with Crippen molar-refractivity contribution in [3.8, 4) is 5.88 Å². The first-order chi connectivity index (χ1) is 16.9. The summed E-state index contributed by atoms with van der Waals surface area (Å²) in [6.07, 6.45) is 8.11. The second-order valence-electron chi connectivity index (χ2n) is 9.96. The number of allylic oxidation sites excluding steroid dienone is 2. The van der Waals surface area contributed by atoms with E-state index in [1.807, 2.05) is 37.9 Å². The molecular weight excluding hydrogens is 445 g/mol. The van der Waals surface area contributed by atoms with Gasteiger partial charge < -0.3 is 14.7 Å². The van der Waals surface area contributed by atoms with E-state index >= 15 is 0 Å². The summed E-state index contributed by atoms with van der Waals surface area (Å²) in [5.41, 5.74) is 3.24. The third kappa shape index (κ3) is 5.90. The van der Waals surface area contributed by atoms with Crippen molar-refractivity contribution in [2.75, 3.05) is 26.7 Å². The molecule has 1 aromatic carbocycles. The van der Waals surface area contributed by atoms with Crippen molar-refractivity contribution >= 4 is 11.5 Å². The van der Waals surface area contributed by atoms with Crippen LogP contribution < -0.4 is 4.74 Å². The van der Waals surface area contributed by atoms with Gasteiger partial charge in [0.2, 0.25) is 5.88 Å². The molecule has 0 bridgehead atoms. The van der Waals surface area contributed by atoms with Crippen LogP contribution >= 0.6 is 0 Å². The van der Waals surface area contributed by atoms with E-state index in [0.717, 1.165) is 24.8 Å². The Labute approximate surface area is 207 Å². The molecule has 1 aliphatic carbocycles. The standard InChI is InChI=1S/C28H36FN3O3/c1-19-15-32(20(2)18-33)28(34)24-13-23(21-9-5-4-6-10-21)14-30-27(24)35-26(19)17-31(3)16-22-11-7-8-12-25(22)29/h7-9,11-14,19-20,26,33H,4-6,10,15-18H2,1-3H3/t19-,20-,26+/m0/s1. The maximum atomic E-state index is 14.2. The van der Waals surface area contributed by atoms with E-state index in [0.29, 0.717) is 36.6 Å². The summed E-state index contributed by atoms with van der Waals surface area (Å²) < 4.78 is 20.6. The summed E-state index contributed by atoms with van der Waals surface area (Å²) in [5.74, 6) is -0.0961. The number of aliphatic hydroxyl groups is 1. The lowest BCUT2D eigenvalue weighted by Gasteiger charge is -2.37. The quantitative estimate of drug-likeness (QED) is 0.630. The molecule has 2 heterocycles. The maximum absolute atomic E-state index is 14.2. The molecule has 0 saturated heterocycles. The Morgan fingerprint density at radius 1 is 1.31 bits per heavy atom. The van der Waals surface area contributed by atoms with Crippen LogP contribution in [-0.2, 0) is 6.54 Å². The molecule has 0 fully saturated rings. The number of benzene rings is 1. The minimum atomic E-state index is -0.328. The number of nitrogens with zero attached hydrogens (tertiary/aromatic N) is 3. The number of amides is 1. The number of aliphatic hydroxyl groups excluding tert-OH is 1. The van der Waals surface area contributed by atoms with Gasteiger partial charge in [0.15, 0.2) is 0 Å². The average molecular weight is 482 g/mol. The van der Waals surface area contributed by atoms with Crippen LogP contribution in [-0.4, -0.2) is 64.7 Å². The zero-order chi connectivity index (χ0) is 24.9. The van der Waals surface area contributed by atoms with Gasteiger partial charge >= 0.3 is 0 Å². The maximum Gasteiger partial charge on any atom is 0.259 e. The highest BCUT2D eigenvalue weighted by Gasteiger charge is 2.34. The van der Waals surface area contributed by atoms with E-state index < -0.39 is 0 Å². The number of halogens is 1. The van der Waals surface area contributed by atoms with Gasteiger partial charge in [-0.3, -0.25) is 9.69 Å². The SMILES string of the molecule is C[C@H]1CN([C@@H](C)CO)C(=O)c2cc(C3=CCCCC3)cnc2O[C@@H]1CN(C)Cc1ccccc1F. The van der Waals surface area contributed by atoms with Crippen LogP contribution in [0.15, 0.2) is 42.6 Å². The van der Waals surface area contributed by atoms with Gasteiger partial charge in [-0.2, -0.15) is 0 Å². The Kier molecular flexibility index (Phi) is 8.19. The van der Waals surface area contributed by atoms with Gasteiger partial charge in [0.25, 0.3) is 5.91 Å². The Morgan fingerprint density at radius 3 is 2.83 bits per heavy atom. The molecule has 0 saturated carbocycles. The predicted octanol–water partition coefficient (Wildman–Crippen LogP) is 4.53. The largest absolute Gasteiger partial charge is 0.472 e. The number of aromatic nitrogens is 1. The molecule has 6 nitrogen and oxygen atoms in total. The monoisotopic (exact) mass is 481 g/mol. The summed E-state index contributed by atoms with van der Waals surface area (Å²) in [6, 6.07) is 8.35. The number of fused-ring (bicyclic) bond motifs is 1. The van der Waals surface area contributed by atoms with Crippen molar-refractivity contribution in [2.24, 2.45) is 5.92 Å². The Bertz CT molecular complexity index is 1070. The van der Waals surface area contributed by atoms with E-state index in [-0.39, 0.29) is 36.4 Å². The highest BCUT2D eigenvalue weighted by molar-refractivity contribution is 5.97. The van der Waals surface area contributed by atoms with Crippen LogP contribution in [0.1, 0.15) is 61.0 Å². The summed E-state index contributed by atoms with van der Waals surface area (Å²) in [6.45, 7) is 5.21. The first-order valence-corrected chi connectivity index (χ1v) is 12.6. The topological polar surface area (TPSA) is 65.9 Å². The third-order valence-corrected chi connectivity index (χ3v) is 7.07. The summed E-state index contributed by atoms with van der Waals surface area (Å²) in [4.78, 5) is 22.0. The number of carbonyl (C=O) groups excluding carboxylic acids is 1. The summed E-state index contributed by atoms with van der Waals surface area (Å²) in [5, 5.41) is 9.87. The van der Waals surface area contributed by atoms with Gasteiger partial charge in [-0.25, -0.2) is 9.37 Å². The van der Waals surface area contributed by atoms with Gasteiger partial charge in [0.05, 0.1) is 12.6 Å². The van der Waals surface area contributed by atoms with E-state index in [1.54, 1.807) is 23.2 Å². The van der Waals surface area contributed by atoms with Crippen LogP contribution in [0.4, 0.5) is 4.39 Å². The van der Waals surface area contributed by atoms with Gasteiger partial charge in [0, 0.05) is 37.3 Å². The van der Waals surface area contributed by atoms with Gasteiger partial charge in [-0.15, -0.1) is 0 Å². The fourth-order valence-electron chi connectivity index (χ4n) is 4.89. The number of pyridine rings is 1. The zero-order valence-corrected chi connectivity index (χ0v) is 20.9. The van der Waals surface area contributed by atoms with Gasteiger partial charge in [-0.05, 0) is 62.9 Å². The third-order valence-electron chi connectivity index (χ3n) is 7.07. The lowest BCUT2D eigenvalue weighted by molar-refractivity contribution is 0.0324. The molecule has 4 rings (SSSR count). The highest BCUT2D eigenvalue weighted by atomic mass is 19.1. The molecule has 2 aromatic rings. The minimum Gasteiger partial charge on any atom is -0.472 e. The van der Waals surface area contributed by atoms with Crippen molar-refractivity contribution in [3.63, 3.8) is 0 Å². The van der Waals surface area contributed by atoms with Crippen LogP contribution in [0.3, 0.4) is 0 Å². The molecule has 1 N–H and O–H groups in total. The van der Waals surface area contributed by atoms with Crippen molar-refractivity contribution < 1.29 is 19.0 Å². The average Bonchev–Trinajstić information content (AvgIpc) is 2.87. The van der Waals surface area contributed by atoms with Crippen LogP contribution in [0, 0.1) is 11.7 Å². The molecule has 3 atom stereocenters. The number of carbonyl (C=O) groups is 1. The normalized spacial score (nSPS) is 21.6. The van der Waals surface area contributed by atoms with E-state index in [2.05, 4.69) is 11.1 Å². The van der Waals surface area contributed by atoms with Crippen LogP contribution in [0.2, 0.25) is 0 Å². The lowest BCUT2D eigenvalue weighted by atomic mass is 9.93. The predicted molar refractivity (Wildman–Crippen MR) is 135 cm³/mol. The highest BCUT2D eigenvalue weighted by Crippen LogP contribution is 2.32. The molecular formula is C28H36FN3O3. The second kappa shape index (κ2) is 11.3. The molecule has 2 aliphatic rings. The van der Waals surface area contributed by atoms with Crippen LogP contribution in [0.25, 0.3) is 5.57 Å². The Morgan fingerprint density at radius 2 is 2.11 bits per heavy atom. The van der Waals surface area contributed by atoms with E-state index in [4.69, 9.17) is 4.74 Å². The van der Waals surface area contributed by atoms with Gasteiger partial charge in [-0.1, -0.05) is 31.2 Å². The zero-order valence-electron chi connectivity index (χ0n) is 20.9. The Balaban J connectivity index is 1.63. The first kappa shape index (κ1) is 25.3. The first-order valence-electron chi connectivity index (χ1n) is 12.6. The molecule has 1 aromatic heterocycles. The van der Waals surface area contributed by atoms with Crippen molar-refractivity contribution in [1.29, 1.82) is 0 Å². The molecule has 0 radical (unpaired) electrons. The van der Waals surface area contributed by atoms with E-state index in [1.165, 1.54) is 18.1 Å². The van der Waals surface area contributed by atoms with Gasteiger partial charge in [0.1, 0.15) is 17.5 Å². The lowest BCUT2D eigenvalue weighted by Crippen LogP contribution is -2.49. The summed E-state index contributed by atoms with van der Waals surface area (Å²) in [7, 11) is 1.94. The molecule has 7 heteroatoms. The fraction of sp³-hybridized carbons (Fsp3) is 0.500. The number of hydrogen-bond donors (Lipinski definition) is 1. The molecule has 0 unspecified atom stereocenters. The summed E-state index contributed by atoms with van der Waals surface area (Å²) >= 11 is 0. The fourth-order valence-corrected chi connectivity index (χ4v) is 4.89. The molecule has 35 heavy (non-hydrogen) atoms. The number of ether oxygens (including phenoxy) is 1. The van der Waals surface area contributed by atoms with Crippen molar-refractivity contribution in [2.45, 2.75) is 58.2 Å². The molecule has 1 aliphatic heterocycles. The molecule has 188 valence electrons. The van der Waals surface area contributed by atoms with Crippen LogP contribution in [0.5, 0.6) is 5.88 Å². The smallest absolute Gasteiger partial charge is 0.259 e. The van der Waals surface area contributed by atoms with Crippen molar-refractivity contribution in [3.05, 3.63) is 65.1 Å². The number of likely N-dealkylation sites (N-methyl/N-ethyl adjacent to an activating group) is 1. The molecule has 0 spiro atoms. The number of hydrogen-bond acceptors (Lipinski definition) is 5. The molecule has 1 amide bonds. The minimum absolute atomic E-state index is 0.0216.